The lowest BCUT2D eigenvalue weighted by Gasteiger charge is -2.30. The minimum Gasteiger partial charge on any atom is -0.459 e. The van der Waals surface area contributed by atoms with E-state index in [1.807, 2.05) is 0 Å². The Morgan fingerprint density at radius 3 is 2.41 bits per heavy atom. The molecule has 0 saturated carbocycles. The van der Waals surface area contributed by atoms with E-state index in [2.05, 4.69) is 0 Å². The van der Waals surface area contributed by atoms with Gasteiger partial charge in [-0.15, -0.1) is 0 Å². The molecule has 7 heteroatoms. The highest BCUT2D eigenvalue weighted by Gasteiger charge is 2.32. The first-order valence-corrected chi connectivity index (χ1v) is 8.94. The molecule has 2 rings (SSSR count). The van der Waals surface area contributed by atoms with E-state index < -0.39 is 11.6 Å². The summed E-state index contributed by atoms with van der Waals surface area (Å²) in [6.07, 6.45) is -0.0132. The van der Waals surface area contributed by atoms with Crippen molar-refractivity contribution < 1.29 is 28.6 Å². The molecule has 0 aliphatic carbocycles. The molecular weight excluding hydrogens is 350 g/mol. The Labute approximate surface area is 159 Å². The Bertz CT molecular complexity index is 740. The SMILES string of the molecule is CC(C)C(=O)OC(C)(C)CC(=O)N(C)C(C)C(=O)c1ccc2c(c1)OCO2. The van der Waals surface area contributed by atoms with Crippen LogP contribution in [0.5, 0.6) is 11.5 Å². The molecule has 1 heterocycles. The predicted molar refractivity (Wildman–Crippen MR) is 98.8 cm³/mol. The number of likely N-dealkylation sites (N-methyl/N-ethyl adjacent to an activating group) is 1. The maximum absolute atomic E-state index is 12.7. The van der Waals surface area contributed by atoms with Crippen molar-refractivity contribution >= 4 is 17.7 Å². The number of ketones is 1. The van der Waals surface area contributed by atoms with Gasteiger partial charge in [0.2, 0.25) is 12.7 Å². The van der Waals surface area contributed by atoms with E-state index >= 15 is 0 Å². The molecule has 0 aromatic heterocycles. The van der Waals surface area contributed by atoms with Crippen LogP contribution < -0.4 is 9.47 Å². The first-order chi connectivity index (χ1) is 12.5. The van der Waals surface area contributed by atoms with E-state index in [1.54, 1.807) is 59.9 Å². The van der Waals surface area contributed by atoms with Gasteiger partial charge in [0.05, 0.1) is 18.4 Å². The van der Waals surface area contributed by atoms with Gasteiger partial charge in [0.1, 0.15) is 5.60 Å². The fourth-order valence-electron chi connectivity index (χ4n) is 2.60. The first kappa shape index (κ1) is 20.7. The van der Waals surface area contributed by atoms with Crippen molar-refractivity contribution in [1.29, 1.82) is 0 Å². The molecule has 0 spiro atoms. The van der Waals surface area contributed by atoms with Crippen LogP contribution in [-0.4, -0.2) is 48.0 Å². The summed E-state index contributed by atoms with van der Waals surface area (Å²) in [5.74, 6) is -0.0102. The van der Waals surface area contributed by atoms with Crippen LogP contribution in [0.4, 0.5) is 0 Å². The second-order valence-corrected chi connectivity index (χ2v) is 7.63. The summed E-state index contributed by atoms with van der Waals surface area (Å²) in [7, 11) is 1.57. The number of Topliss-reactive ketones (excluding diaryl/α,β-unsaturated/α-hetero) is 1. The van der Waals surface area contributed by atoms with Crippen molar-refractivity contribution in [2.75, 3.05) is 13.8 Å². The molecule has 1 atom stereocenters. The third-order valence-corrected chi connectivity index (χ3v) is 4.44. The molecular formula is C20H27NO6. The van der Waals surface area contributed by atoms with Gasteiger partial charge < -0.3 is 19.1 Å². The third-order valence-electron chi connectivity index (χ3n) is 4.44. The molecule has 1 amide bonds. The van der Waals surface area contributed by atoms with Crippen LogP contribution in [0.3, 0.4) is 0 Å². The van der Waals surface area contributed by atoms with E-state index in [1.165, 1.54) is 4.90 Å². The van der Waals surface area contributed by atoms with Gasteiger partial charge >= 0.3 is 5.97 Å². The van der Waals surface area contributed by atoms with Crippen molar-refractivity contribution in [3.8, 4) is 11.5 Å². The van der Waals surface area contributed by atoms with Gasteiger partial charge in [-0.2, -0.15) is 0 Å². The van der Waals surface area contributed by atoms with Crippen LogP contribution in [0.1, 0.15) is 51.4 Å². The number of hydrogen-bond acceptors (Lipinski definition) is 6. The summed E-state index contributed by atoms with van der Waals surface area (Å²) >= 11 is 0. The quantitative estimate of drug-likeness (QED) is 0.537. The Hall–Kier alpha value is -2.57. The average Bonchev–Trinajstić information content (AvgIpc) is 3.06. The monoisotopic (exact) mass is 377 g/mol. The summed E-state index contributed by atoms with van der Waals surface area (Å²) in [5, 5.41) is 0. The van der Waals surface area contributed by atoms with Crippen LogP contribution in [0.2, 0.25) is 0 Å². The van der Waals surface area contributed by atoms with Crippen LogP contribution in [-0.2, 0) is 14.3 Å². The van der Waals surface area contributed by atoms with Crippen LogP contribution in [0.25, 0.3) is 0 Å². The molecule has 148 valence electrons. The number of carbonyl (C=O) groups excluding carboxylic acids is 3. The molecule has 27 heavy (non-hydrogen) atoms. The Balaban J connectivity index is 2.02. The smallest absolute Gasteiger partial charge is 0.308 e. The zero-order valence-corrected chi connectivity index (χ0v) is 16.7. The van der Waals surface area contributed by atoms with Crippen LogP contribution in [0, 0.1) is 5.92 Å². The van der Waals surface area contributed by atoms with E-state index in [-0.39, 0.29) is 36.8 Å². The summed E-state index contributed by atoms with van der Waals surface area (Å²) in [4.78, 5) is 38.5. The Morgan fingerprint density at radius 1 is 1.15 bits per heavy atom. The minimum absolute atomic E-state index is 0.0132. The van der Waals surface area contributed by atoms with E-state index in [0.29, 0.717) is 17.1 Å². The van der Waals surface area contributed by atoms with Gasteiger partial charge in [0.15, 0.2) is 17.3 Å². The third kappa shape index (κ3) is 4.99. The zero-order valence-electron chi connectivity index (χ0n) is 16.7. The van der Waals surface area contributed by atoms with E-state index in [4.69, 9.17) is 14.2 Å². The van der Waals surface area contributed by atoms with Crippen molar-refractivity contribution in [2.45, 2.75) is 52.7 Å². The number of benzene rings is 1. The number of carbonyl (C=O) groups is 3. The first-order valence-electron chi connectivity index (χ1n) is 8.94. The Morgan fingerprint density at radius 2 is 1.78 bits per heavy atom. The molecule has 0 fully saturated rings. The summed E-state index contributed by atoms with van der Waals surface area (Å²) in [6, 6.07) is 4.28. The highest BCUT2D eigenvalue weighted by molar-refractivity contribution is 6.02. The normalized spacial score (nSPS) is 14.0. The number of amides is 1. The molecule has 1 aromatic carbocycles. The molecule has 7 nitrogen and oxygen atoms in total. The minimum atomic E-state index is -0.950. The molecule has 1 unspecified atom stereocenters. The van der Waals surface area contributed by atoms with E-state index in [0.717, 1.165) is 0 Å². The summed E-state index contributed by atoms with van der Waals surface area (Å²) in [6.45, 7) is 8.63. The van der Waals surface area contributed by atoms with Crippen LogP contribution in [0.15, 0.2) is 18.2 Å². The fourth-order valence-corrected chi connectivity index (χ4v) is 2.60. The van der Waals surface area contributed by atoms with Crippen molar-refractivity contribution in [3.63, 3.8) is 0 Å². The number of hydrogen-bond donors (Lipinski definition) is 0. The van der Waals surface area contributed by atoms with E-state index in [9.17, 15) is 14.4 Å². The van der Waals surface area contributed by atoms with Crippen molar-refractivity contribution in [1.82, 2.24) is 4.90 Å². The molecule has 0 radical (unpaired) electrons. The second kappa shape index (κ2) is 7.98. The topological polar surface area (TPSA) is 82.1 Å². The maximum Gasteiger partial charge on any atom is 0.308 e. The van der Waals surface area contributed by atoms with Gasteiger partial charge in [0.25, 0.3) is 0 Å². The Kier molecular flexibility index (Phi) is 6.13. The lowest BCUT2D eigenvalue weighted by molar-refractivity contribution is -0.163. The van der Waals surface area contributed by atoms with Gasteiger partial charge in [0, 0.05) is 12.6 Å². The molecule has 1 aliphatic heterocycles. The lowest BCUT2D eigenvalue weighted by atomic mass is 10.0. The highest BCUT2D eigenvalue weighted by atomic mass is 16.7. The molecule has 0 saturated heterocycles. The number of ether oxygens (including phenoxy) is 3. The lowest BCUT2D eigenvalue weighted by Crippen LogP contribution is -2.44. The van der Waals surface area contributed by atoms with Gasteiger partial charge in [-0.25, -0.2) is 0 Å². The predicted octanol–water partition coefficient (Wildman–Crippen LogP) is 2.81. The van der Waals surface area contributed by atoms with Gasteiger partial charge in [-0.05, 0) is 39.0 Å². The number of fused-ring (bicyclic) bond motifs is 1. The standard InChI is InChI=1S/C20H27NO6/c1-12(2)19(24)27-20(4,5)10-17(22)21(6)13(3)18(23)14-7-8-15-16(9-14)26-11-25-15/h7-9,12-13H,10-11H2,1-6H3. The molecule has 1 aromatic rings. The largest absolute Gasteiger partial charge is 0.459 e. The van der Waals surface area contributed by atoms with Crippen molar-refractivity contribution in [2.24, 2.45) is 5.92 Å². The van der Waals surface area contributed by atoms with Crippen molar-refractivity contribution in [3.05, 3.63) is 23.8 Å². The molecule has 0 N–H and O–H groups in total. The highest BCUT2D eigenvalue weighted by Crippen LogP contribution is 2.33. The number of nitrogens with zero attached hydrogens (tertiary/aromatic N) is 1. The summed E-state index contributed by atoms with van der Waals surface area (Å²) < 4.78 is 15.9. The molecule has 0 bridgehead atoms. The maximum atomic E-state index is 12.7. The average molecular weight is 377 g/mol. The van der Waals surface area contributed by atoms with Crippen LogP contribution >= 0.6 is 0 Å². The number of esters is 1. The number of rotatable bonds is 7. The second-order valence-electron chi connectivity index (χ2n) is 7.63. The van der Waals surface area contributed by atoms with Gasteiger partial charge in [-0.3, -0.25) is 14.4 Å². The van der Waals surface area contributed by atoms with Gasteiger partial charge in [-0.1, -0.05) is 13.8 Å². The molecule has 1 aliphatic rings. The summed E-state index contributed by atoms with van der Waals surface area (Å²) in [5.41, 5.74) is -0.509. The fraction of sp³-hybridized carbons (Fsp3) is 0.550. The zero-order chi connectivity index (χ0) is 20.4.